The molecule has 4 nitrogen and oxygen atoms in total. The number of nitrogens with one attached hydrogen (secondary N) is 1. The van der Waals surface area contributed by atoms with Crippen molar-refractivity contribution in [2.24, 2.45) is 11.7 Å². The first kappa shape index (κ1) is 23.6. The molecule has 1 atom stereocenters. The van der Waals surface area contributed by atoms with Crippen molar-refractivity contribution < 1.29 is 9.53 Å². The van der Waals surface area contributed by atoms with Gasteiger partial charge in [0, 0.05) is 12.3 Å². The topological polar surface area (TPSA) is 64.4 Å². The lowest BCUT2D eigenvalue weighted by Crippen LogP contribution is -2.42. The number of para-hydroxylation sites is 1. The van der Waals surface area contributed by atoms with Crippen LogP contribution in [-0.2, 0) is 11.3 Å². The Kier molecular flexibility index (Phi) is 10.4. The summed E-state index contributed by atoms with van der Waals surface area (Å²) in [4.78, 5) is 12.2. The zero-order chi connectivity index (χ0) is 19.6. The molecule has 1 amide bonds. The third-order valence-corrected chi connectivity index (χ3v) is 6.38. The van der Waals surface area contributed by atoms with Crippen LogP contribution >= 0.6 is 24.2 Å². The van der Waals surface area contributed by atoms with Gasteiger partial charge < -0.3 is 15.8 Å². The molecule has 0 radical (unpaired) electrons. The predicted octanol–water partition coefficient (Wildman–Crippen LogP) is 5.16. The van der Waals surface area contributed by atoms with E-state index in [1.807, 2.05) is 66.4 Å². The average Bonchev–Trinajstić information content (AvgIpc) is 2.74. The van der Waals surface area contributed by atoms with E-state index in [0.717, 1.165) is 28.7 Å². The van der Waals surface area contributed by atoms with Crippen LogP contribution in [0.5, 0.6) is 11.5 Å². The number of hydrogen-bond donors (Lipinski definition) is 2. The molecule has 0 bridgehead atoms. The molecule has 29 heavy (non-hydrogen) atoms. The van der Waals surface area contributed by atoms with Gasteiger partial charge in [-0.25, -0.2) is 0 Å². The number of amides is 1. The second-order valence-electron chi connectivity index (χ2n) is 7.42. The van der Waals surface area contributed by atoms with Crippen LogP contribution in [0.3, 0.4) is 0 Å². The predicted molar refractivity (Wildman–Crippen MR) is 124 cm³/mol. The van der Waals surface area contributed by atoms with Crippen LogP contribution < -0.4 is 15.8 Å². The zero-order valence-electron chi connectivity index (χ0n) is 16.7. The third kappa shape index (κ3) is 8.29. The first-order chi connectivity index (χ1) is 13.7. The molecular weight excluding hydrogens is 404 g/mol. The van der Waals surface area contributed by atoms with Crippen molar-refractivity contribution in [3.05, 3.63) is 60.2 Å². The van der Waals surface area contributed by atoms with E-state index in [2.05, 4.69) is 5.32 Å². The Morgan fingerprint density at radius 3 is 2.38 bits per heavy atom. The van der Waals surface area contributed by atoms with Crippen molar-refractivity contribution in [1.29, 1.82) is 0 Å². The third-order valence-electron chi connectivity index (χ3n) is 5.08. The van der Waals surface area contributed by atoms with Gasteiger partial charge >= 0.3 is 0 Å². The average molecular weight is 435 g/mol. The quantitative estimate of drug-likeness (QED) is 0.572. The van der Waals surface area contributed by atoms with Crippen LogP contribution in [0.15, 0.2) is 54.6 Å². The number of thioether (sulfide) groups is 1. The number of hydrogen-bond acceptors (Lipinski definition) is 4. The van der Waals surface area contributed by atoms with Gasteiger partial charge in [-0.3, -0.25) is 4.79 Å². The fourth-order valence-electron chi connectivity index (χ4n) is 3.41. The molecule has 158 valence electrons. The summed E-state index contributed by atoms with van der Waals surface area (Å²) in [5, 5.41) is 2.94. The Morgan fingerprint density at radius 2 is 1.69 bits per heavy atom. The molecule has 2 aromatic carbocycles. The summed E-state index contributed by atoms with van der Waals surface area (Å²) >= 11 is 1.82. The number of nitrogens with two attached hydrogens (primary N) is 1. The van der Waals surface area contributed by atoms with E-state index in [1.165, 1.54) is 32.1 Å². The van der Waals surface area contributed by atoms with Gasteiger partial charge in [0.1, 0.15) is 11.5 Å². The Labute approximate surface area is 184 Å². The molecule has 1 aliphatic rings. The summed E-state index contributed by atoms with van der Waals surface area (Å²) in [6.07, 6.45) is 6.75. The molecule has 1 saturated carbocycles. The fraction of sp³-hybridized carbons (Fsp3) is 0.435. The van der Waals surface area contributed by atoms with E-state index in [-0.39, 0.29) is 18.3 Å². The monoisotopic (exact) mass is 434 g/mol. The van der Waals surface area contributed by atoms with E-state index in [4.69, 9.17) is 10.5 Å². The van der Waals surface area contributed by atoms with Crippen LogP contribution in [0, 0.1) is 5.92 Å². The van der Waals surface area contributed by atoms with Gasteiger partial charge in [-0.2, -0.15) is 11.8 Å². The molecule has 0 spiro atoms. The van der Waals surface area contributed by atoms with Crippen molar-refractivity contribution in [1.82, 2.24) is 5.32 Å². The molecule has 1 fully saturated rings. The Bertz CT molecular complexity index is 721. The fourth-order valence-corrected chi connectivity index (χ4v) is 4.62. The standard InChI is InChI=1S/C23H30N2O2S.ClH/c24-22(17-28-16-19-7-3-1-4-8-19)23(26)25-15-18-11-13-21(14-12-18)27-20-9-5-2-6-10-20;/h2,5-6,9-14,19,22H,1,3-4,7-8,15-17,24H2,(H,25,26);1H/t22-;/m0./s1. The maximum absolute atomic E-state index is 12.2. The van der Waals surface area contributed by atoms with Crippen molar-refractivity contribution in [3.63, 3.8) is 0 Å². The first-order valence-electron chi connectivity index (χ1n) is 10.1. The van der Waals surface area contributed by atoms with Gasteiger partial charge in [0.25, 0.3) is 0 Å². The summed E-state index contributed by atoms with van der Waals surface area (Å²) in [6.45, 7) is 0.478. The molecule has 0 aromatic heterocycles. The van der Waals surface area contributed by atoms with Gasteiger partial charge in [-0.05, 0) is 54.3 Å². The first-order valence-corrected chi connectivity index (χ1v) is 11.3. The lowest BCUT2D eigenvalue weighted by atomic mass is 9.91. The molecule has 0 unspecified atom stereocenters. The summed E-state index contributed by atoms with van der Waals surface area (Å²) in [5.74, 6) is 4.12. The van der Waals surface area contributed by atoms with Crippen molar-refractivity contribution in [3.8, 4) is 11.5 Å². The summed E-state index contributed by atoms with van der Waals surface area (Å²) < 4.78 is 5.78. The van der Waals surface area contributed by atoms with Gasteiger partial charge in [0.2, 0.25) is 5.91 Å². The highest BCUT2D eigenvalue weighted by Gasteiger charge is 2.16. The Hall–Kier alpha value is -1.69. The minimum Gasteiger partial charge on any atom is -0.457 e. The van der Waals surface area contributed by atoms with Crippen LogP contribution in [0.25, 0.3) is 0 Å². The van der Waals surface area contributed by atoms with Gasteiger partial charge in [0.15, 0.2) is 0 Å². The highest BCUT2D eigenvalue weighted by molar-refractivity contribution is 7.99. The molecule has 0 aliphatic heterocycles. The number of carbonyl (C=O) groups excluding carboxylic acids is 1. The molecule has 3 rings (SSSR count). The molecule has 2 aromatic rings. The Morgan fingerprint density at radius 1 is 1.03 bits per heavy atom. The molecule has 0 heterocycles. The second kappa shape index (κ2) is 12.8. The minimum absolute atomic E-state index is 0. The van der Waals surface area contributed by atoms with E-state index < -0.39 is 6.04 Å². The SMILES string of the molecule is Cl.N[C@@H](CSCC1CCCCC1)C(=O)NCc1ccc(Oc2ccccc2)cc1. The van der Waals surface area contributed by atoms with Crippen molar-refractivity contribution >= 4 is 30.1 Å². The maximum Gasteiger partial charge on any atom is 0.238 e. The van der Waals surface area contributed by atoms with Crippen LogP contribution in [0.4, 0.5) is 0 Å². The van der Waals surface area contributed by atoms with Gasteiger partial charge in [-0.15, -0.1) is 12.4 Å². The molecular formula is C23H31ClN2O2S. The summed E-state index contributed by atoms with van der Waals surface area (Å²) in [7, 11) is 0. The number of ether oxygens (including phenoxy) is 1. The molecule has 3 N–H and O–H groups in total. The number of benzene rings is 2. The molecule has 6 heteroatoms. The lowest BCUT2D eigenvalue weighted by Gasteiger charge is -2.21. The zero-order valence-corrected chi connectivity index (χ0v) is 18.4. The van der Waals surface area contributed by atoms with Crippen LogP contribution in [0.1, 0.15) is 37.7 Å². The van der Waals surface area contributed by atoms with Crippen molar-refractivity contribution in [2.75, 3.05) is 11.5 Å². The van der Waals surface area contributed by atoms with Crippen molar-refractivity contribution in [2.45, 2.75) is 44.7 Å². The Balaban J connectivity index is 0.00000300. The number of halogens is 1. The molecule has 1 aliphatic carbocycles. The van der Waals surface area contributed by atoms with E-state index >= 15 is 0 Å². The normalized spacial score (nSPS) is 15.2. The minimum atomic E-state index is -0.450. The van der Waals surface area contributed by atoms with E-state index in [1.54, 1.807) is 0 Å². The lowest BCUT2D eigenvalue weighted by molar-refractivity contribution is -0.122. The summed E-state index contributed by atoms with van der Waals surface area (Å²) in [5.41, 5.74) is 7.08. The highest BCUT2D eigenvalue weighted by atomic mass is 35.5. The van der Waals surface area contributed by atoms with Crippen LogP contribution in [0.2, 0.25) is 0 Å². The van der Waals surface area contributed by atoms with E-state index in [9.17, 15) is 4.79 Å². The van der Waals surface area contributed by atoms with E-state index in [0.29, 0.717) is 12.3 Å². The number of rotatable bonds is 9. The van der Waals surface area contributed by atoms with Gasteiger partial charge in [-0.1, -0.05) is 49.6 Å². The molecule has 0 saturated heterocycles. The largest absolute Gasteiger partial charge is 0.457 e. The smallest absolute Gasteiger partial charge is 0.238 e. The maximum atomic E-state index is 12.2. The summed E-state index contributed by atoms with van der Waals surface area (Å²) in [6, 6.07) is 17.0. The number of carbonyl (C=O) groups is 1. The highest BCUT2D eigenvalue weighted by Crippen LogP contribution is 2.26. The van der Waals surface area contributed by atoms with Gasteiger partial charge in [0.05, 0.1) is 6.04 Å². The van der Waals surface area contributed by atoms with Crippen LogP contribution in [-0.4, -0.2) is 23.5 Å². The second-order valence-corrected chi connectivity index (χ2v) is 8.50.